The Labute approximate surface area is 249 Å². The van der Waals surface area contributed by atoms with Crippen molar-refractivity contribution in [3.05, 3.63) is 42.7 Å². The van der Waals surface area contributed by atoms with Crippen LogP contribution >= 0.6 is 0 Å². The highest BCUT2D eigenvalue weighted by Crippen LogP contribution is 2.35. The van der Waals surface area contributed by atoms with E-state index in [0.29, 0.717) is 44.3 Å². The first-order chi connectivity index (χ1) is 20.4. The summed E-state index contributed by atoms with van der Waals surface area (Å²) in [5.74, 6) is 3.02. The van der Waals surface area contributed by atoms with E-state index < -0.39 is 0 Å². The molecule has 42 heavy (non-hydrogen) atoms. The van der Waals surface area contributed by atoms with Crippen LogP contribution in [0.1, 0.15) is 39.5 Å². The monoisotopic (exact) mass is 576 g/mol. The van der Waals surface area contributed by atoms with E-state index in [4.69, 9.17) is 14.2 Å². The number of urea groups is 1. The maximum Gasteiger partial charge on any atom is 0.324 e. The van der Waals surface area contributed by atoms with Crippen LogP contribution in [0.5, 0.6) is 17.2 Å². The van der Waals surface area contributed by atoms with Gasteiger partial charge in [-0.3, -0.25) is 4.90 Å². The number of anilines is 2. The van der Waals surface area contributed by atoms with Gasteiger partial charge in [0.1, 0.15) is 17.9 Å². The van der Waals surface area contributed by atoms with Crippen LogP contribution in [0.15, 0.2) is 42.7 Å². The van der Waals surface area contributed by atoms with E-state index >= 15 is 0 Å². The lowest BCUT2D eigenvalue weighted by molar-refractivity contribution is 0.202. The van der Waals surface area contributed by atoms with Gasteiger partial charge in [0.25, 0.3) is 0 Å². The highest BCUT2D eigenvalue weighted by molar-refractivity contribution is 5.93. The maximum atomic E-state index is 13.3. The summed E-state index contributed by atoms with van der Waals surface area (Å²) >= 11 is 0. The molecule has 0 unspecified atom stereocenters. The third-order valence-electron chi connectivity index (χ3n) is 7.96. The summed E-state index contributed by atoms with van der Waals surface area (Å²) in [6, 6.07) is 11.5. The van der Waals surface area contributed by atoms with Gasteiger partial charge < -0.3 is 28.9 Å². The van der Waals surface area contributed by atoms with Gasteiger partial charge in [0.2, 0.25) is 0 Å². The minimum absolute atomic E-state index is 0.0246. The van der Waals surface area contributed by atoms with Crippen molar-refractivity contribution >= 4 is 28.4 Å². The summed E-state index contributed by atoms with van der Waals surface area (Å²) in [5, 5.41) is 0.913. The second-order valence-corrected chi connectivity index (χ2v) is 11.3. The summed E-state index contributed by atoms with van der Waals surface area (Å²) in [4.78, 5) is 30.8. The molecule has 10 heteroatoms. The number of hydrogen-bond acceptors (Lipinski definition) is 8. The van der Waals surface area contributed by atoms with Gasteiger partial charge in [-0.15, -0.1) is 0 Å². The van der Waals surface area contributed by atoms with Gasteiger partial charge in [-0.1, -0.05) is 6.42 Å². The van der Waals surface area contributed by atoms with Crippen molar-refractivity contribution in [1.82, 2.24) is 19.8 Å². The number of piperazine rings is 1. The number of aromatic nitrogens is 2. The molecule has 5 rings (SSSR count). The van der Waals surface area contributed by atoms with E-state index in [-0.39, 0.29) is 12.1 Å². The number of carbonyl (C=O) groups excluding carboxylic acids is 1. The molecule has 1 aromatic heterocycles. The third kappa shape index (κ3) is 7.15. The highest BCUT2D eigenvalue weighted by Gasteiger charge is 2.26. The molecule has 0 bridgehead atoms. The van der Waals surface area contributed by atoms with Crippen molar-refractivity contribution in [2.45, 2.75) is 45.6 Å². The van der Waals surface area contributed by atoms with Crippen molar-refractivity contribution in [3.63, 3.8) is 0 Å². The van der Waals surface area contributed by atoms with Gasteiger partial charge in [-0.2, -0.15) is 0 Å². The predicted molar refractivity (Wildman–Crippen MR) is 166 cm³/mol. The molecule has 0 radical (unpaired) electrons. The smallest absolute Gasteiger partial charge is 0.324 e. The van der Waals surface area contributed by atoms with E-state index in [9.17, 15) is 4.79 Å². The molecule has 0 saturated carbocycles. The van der Waals surface area contributed by atoms with Gasteiger partial charge in [0, 0.05) is 56.9 Å². The normalized spacial score (nSPS) is 16.1. The van der Waals surface area contributed by atoms with Crippen molar-refractivity contribution in [1.29, 1.82) is 0 Å². The van der Waals surface area contributed by atoms with Crippen LogP contribution in [0, 0.1) is 0 Å². The molecule has 2 fully saturated rings. The molecular formula is C32H44N6O4. The molecule has 0 spiro atoms. The number of rotatable bonds is 10. The highest BCUT2D eigenvalue weighted by atomic mass is 16.5. The van der Waals surface area contributed by atoms with Crippen LogP contribution in [0.4, 0.5) is 16.3 Å². The van der Waals surface area contributed by atoms with Crippen LogP contribution in [0.3, 0.4) is 0 Å². The van der Waals surface area contributed by atoms with E-state index in [0.717, 1.165) is 41.1 Å². The Morgan fingerprint density at radius 1 is 0.952 bits per heavy atom. The molecule has 0 atom stereocenters. The second kappa shape index (κ2) is 13.9. The van der Waals surface area contributed by atoms with Crippen LogP contribution < -0.4 is 24.0 Å². The Balaban J connectivity index is 1.20. The fourth-order valence-corrected chi connectivity index (χ4v) is 5.68. The third-order valence-corrected chi connectivity index (χ3v) is 7.96. The number of carbonyl (C=O) groups is 1. The Morgan fingerprint density at radius 2 is 1.69 bits per heavy atom. The van der Waals surface area contributed by atoms with Crippen LogP contribution in [0.2, 0.25) is 0 Å². The fraction of sp³-hybridized carbons (Fsp3) is 0.531. The summed E-state index contributed by atoms with van der Waals surface area (Å²) in [5.41, 5.74) is 1.65. The lowest BCUT2D eigenvalue weighted by Gasteiger charge is -2.37. The molecular weight excluding hydrogens is 532 g/mol. The Morgan fingerprint density at radius 3 is 2.38 bits per heavy atom. The molecule has 0 aliphatic carbocycles. The van der Waals surface area contributed by atoms with Gasteiger partial charge in [0.15, 0.2) is 11.5 Å². The van der Waals surface area contributed by atoms with Crippen LogP contribution in [0.25, 0.3) is 10.9 Å². The molecule has 3 aromatic rings. The van der Waals surface area contributed by atoms with Gasteiger partial charge in [-0.05, 0) is 76.5 Å². The van der Waals surface area contributed by atoms with Crippen LogP contribution in [-0.4, -0.2) is 98.5 Å². The number of piperidine rings is 1. The zero-order valence-corrected chi connectivity index (χ0v) is 25.4. The standard InChI is InChI=1S/C32H44N6O4/c1-24(2)42-26-11-9-25(10-12-26)35(3)32(39)38-18-16-37(17-19-38)31-27-21-29(40-4)30(22-28(27)33-23-34-31)41-20-8-15-36-13-6-5-7-14-36/h9-12,21-24H,5-8,13-20H2,1-4H3. The second-order valence-electron chi connectivity index (χ2n) is 11.3. The SMILES string of the molecule is COc1cc2c(N3CCN(C(=O)N(C)c4ccc(OC(C)C)cc4)CC3)ncnc2cc1OCCCN1CCCCC1. The molecule has 2 amide bonds. The number of nitrogens with zero attached hydrogens (tertiary/aromatic N) is 6. The molecule has 2 saturated heterocycles. The molecule has 226 valence electrons. The summed E-state index contributed by atoms with van der Waals surface area (Å²) in [6.45, 7) is 10.6. The summed E-state index contributed by atoms with van der Waals surface area (Å²) in [7, 11) is 3.47. The van der Waals surface area contributed by atoms with Gasteiger partial charge in [0.05, 0.1) is 25.3 Å². The van der Waals surface area contributed by atoms with Crippen LogP contribution in [-0.2, 0) is 0 Å². The fourth-order valence-electron chi connectivity index (χ4n) is 5.68. The number of fused-ring (bicyclic) bond motifs is 1. The summed E-state index contributed by atoms with van der Waals surface area (Å²) in [6.07, 6.45) is 6.63. The number of likely N-dealkylation sites (tertiary alicyclic amines) is 1. The Hall–Kier alpha value is -3.79. The average molecular weight is 577 g/mol. The topological polar surface area (TPSA) is 83.5 Å². The largest absolute Gasteiger partial charge is 0.493 e. The first-order valence-corrected chi connectivity index (χ1v) is 15.1. The molecule has 0 N–H and O–H groups in total. The molecule has 10 nitrogen and oxygen atoms in total. The van der Waals surface area contributed by atoms with Gasteiger partial charge in [-0.25, -0.2) is 14.8 Å². The predicted octanol–water partition coefficient (Wildman–Crippen LogP) is 5.06. The Bertz CT molecular complexity index is 1320. The van der Waals surface area contributed by atoms with Crippen molar-refractivity contribution in [2.75, 3.05) is 76.4 Å². The number of hydrogen-bond donors (Lipinski definition) is 0. The van der Waals surface area contributed by atoms with Crippen molar-refractivity contribution in [3.8, 4) is 17.2 Å². The molecule has 2 aromatic carbocycles. The zero-order chi connectivity index (χ0) is 29.5. The molecule has 2 aliphatic heterocycles. The number of amides is 2. The lowest BCUT2D eigenvalue weighted by atomic mass is 10.1. The molecule has 3 heterocycles. The Kier molecular flexibility index (Phi) is 9.84. The minimum atomic E-state index is -0.0246. The van der Waals surface area contributed by atoms with Gasteiger partial charge >= 0.3 is 6.03 Å². The number of methoxy groups -OCH3 is 1. The number of ether oxygens (including phenoxy) is 3. The minimum Gasteiger partial charge on any atom is -0.493 e. The van der Waals surface area contributed by atoms with Crippen molar-refractivity contribution < 1.29 is 19.0 Å². The number of benzene rings is 2. The molecule has 2 aliphatic rings. The lowest BCUT2D eigenvalue weighted by Crippen LogP contribution is -2.52. The summed E-state index contributed by atoms with van der Waals surface area (Å²) < 4.78 is 17.6. The zero-order valence-electron chi connectivity index (χ0n) is 25.4. The van der Waals surface area contributed by atoms with E-state index in [1.165, 1.54) is 32.4 Å². The van der Waals surface area contributed by atoms with E-state index in [2.05, 4.69) is 19.8 Å². The quantitative estimate of drug-likeness (QED) is 0.310. The van der Waals surface area contributed by atoms with E-state index in [1.54, 1.807) is 18.3 Å². The average Bonchev–Trinajstić information content (AvgIpc) is 3.02. The van der Waals surface area contributed by atoms with E-state index in [1.807, 2.05) is 62.2 Å². The first-order valence-electron chi connectivity index (χ1n) is 15.1. The van der Waals surface area contributed by atoms with Crippen molar-refractivity contribution in [2.24, 2.45) is 0 Å². The maximum absolute atomic E-state index is 13.3. The first kappa shape index (κ1) is 29.7.